The normalized spacial score (nSPS) is 11.1. The van der Waals surface area contributed by atoms with Gasteiger partial charge in [0.05, 0.1) is 0 Å². The molecule has 0 saturated carbocycles. The maximum absolute atomic E-state index is 11.5. The zero-order chi connectivity index (χ0) is 10.6. The van der Waals surface area contributed by atoms with Gasteiger partial charge in [0.25, 0.3) is 0 Å². The molecule has 4 heteroatoms. The van der Waals surface area contributed by atoms with Gasteiger partial charge in [-0.05, 0) is 0 Å². The van der Waals surface area contributed by atoms with Crippen LogP contribution in [0.4, 0.5) is 0 Å². The number of amidine groups is 1. The van der Waals surface area contributed by atoms with Crippen LogP contribution >= 0.6 is 0 Å². The second kappa shape index (κ2) is 4.94. The van der Waals surface area contributed by atoms with Gasteiger partial charge in [-0.1, -0.05) is 0 Å². The molecule has 73 valence electrons. The summed E-state index contributed by atoms with van der Waals surface area (Å²) in [5.41, 5.74) is 0.599. The predicted octanol–water partition coefficient (Wildman–Crippen LogP) is 0.913. The number of aliphatic imine (C=N–C) groups is 1. The first-order chi connectivity index (χ1) is 6.61. The molecule has 0 fully saturated rings. The molecular formula is C10H11N2OSe. The van der Waals surface area contributed by atoms with E-state index < -0.39 is 0 Å². The third kappa shape index (κ3) is 2.98. The van der Waals surface area contributed by atoms with E-state index in [2.05, 4.69) is 21.0 Å². The fraction of sp³-hybridized carbons (Fsp3) is 0.200. The van der Waals surface area contributed by atoms with E-state index in [1.807, 2.05) is 32.3 Å². The van der Waals surface area contributed by atoms with Crippen molar-refractivity contribution in [3.63, 3.8) is 0 Å². The summed E-state index contributed by atoms with van der Waals surface area (Å²) in [6.45, 7) is 0. The number of rotatable bonds is 1. The first-order valence-electron chi connectivity index (χ1n) is 4.13. The van der Waals surface area contributed by atoms with E-state index in [4.69, 9.17) is 0 Å². The van der Waals surface area contributed by atoms with Crippen LogP contribution in [-0.4, -0.2) is 45.6 Å². The minimum atomic E-state index is -0.229. The van der Waals surface area contributed by atoms with Gasteiger partial charge in [0.1, 0.15) is 0 Å². The molecule has 0 bridgehead atoms. The number of carbonyl (C=O) groups excluding carboxylic acids is 1. The molecule has 0 aliphatic heterocycles. The van der Waals surface area contributed by atoms with E-state index in [1.165, 1.54) is 0 Å². The standard InChI is InChI=1S/C10H11N2OSe/c1-12(2)10(14)11-9(13)8-6-4-3-5-7-8/h3-7H,1-2H3. The quantitative estimate of drug-likeness (QED) is 0.424. The van der Waals surface area contributed by atoms with E-state index in [0.29, 0.717) is 10.3 Å². The minimum absolute atomic E-state index is 0.229. The summed E-state index contributed by atoms with van der Waals surface area (Å²) in [6, 6.07) is 8.99. The van der Waals surface area contributed by atoms with Gasteiger partial charge in [0.2, 0.25) is 0 Å². The average molecular weight is 254 g/mol. The monoisotopic (exact) mass is 255 g/mol. The van der Waals surface area contributed by atoms with E-state index in [9.17, 15) is 4.79 Å². The summed E-state index contributed by atoms with van der Waals surface area (Å²) in [7, 11) is 3.65. The number of benzene rings is 1. The van der Waals surface area contributed by atoms with Gasteiger partial charge >= 0.3 is 91.3 Å². The second-order valence-corrected chi connectivity index (χ2v) is 3.73. The van der Waals surface area contributed by atoms with Crippen LogP contribution in [0.1, 0.15) is 10.4 Å². The summed E-state index contributed by atoms with van der Waals surface area (Å²) in [6.07, 6.45) is 0. The number of nitrogens with zero attached hydrogens (tertiary/aromatic N) is 2. The van der Waals surface area contributed by atoms with E-state index >= 15 is 0 Å². The molecule has 0 N–H and O–H groups in total. The SMILES string of the molecule is CN(C)C([Se])=NC(=O)c1ccccc1. The Morgan fingerprint density at radius 2 is 1.86 bits per heavy atom. The van der Waals surface area contributed by atoms with Crippen molar-refractivity contribution in [3.05, 3.63) is 35.9 Å². The summed E-state index contributed by atoms with van der Waals surface area (Å²) in [5.74, 6) is -0.229. The molecule has 1 radical (unpaired) electrons. The summed E-state index contributed by atoms with van der Waals surface area (Å²) in [4.78, 5) is 17.2. The zero-order valence-electron chi connectivity index (χ0n) is 8.10. The topological polar surface area (TPSA) is 32.7 Å². The van der Waals surface area contributed by atoms with Crippen molar-refractivity contribution in [2.75, 3.05) is 14.1 Å². The maximum atomic E-state index is 11.5. The number of hydrogen-bond donors (Lipinski definition) is 0. The van der Waals surface area contributed by atoms with Crippen molar-refractivity contribution in [2.45, 2.75) is 0 Å². The molecule has 0 saturated heterocycles. The Hall–Kier alpha value is -1.12. The van der Waals surface area contributed by atoms with E-state index in [-0.39, 0.29) is 5.91 Å². The van der Waals surface area contributed by atoms with Gasteiger partial charge in [-0.3, -0.25) is 0 Å². The Morgan fingerprint density at radius 1 is 1.29 bits per heavy atom. The van der Waals surface area contributed by atoms with E-state index in [1.54, 1.807) is 17.0 Å². The molecule has 1 rings (SSSR count). The molecule has 0 aliphatic carbocycles. The van der Waals surface area contributed by atoms with Gasteiger partial charge in [-0.2, -0.15) is 0 Å². The Morgan fingerprint density at radius 3 is 2.36 bits per heavy atom. The zero-order valence-corrected chi connectivity index (χ0v) is 9.81. The third-order valence-corrected chi connectivity index (χ3v) is 2.56. The molecule has 14 heavy (non-hydrogen) atoms. The Labute approximate surface area is 91.6 Å². The molecule has 0 atom stereocenters. The molecule has 0 unspecified atom stereocenters. The van der Waals surface area contributed by atoms with Crippen LogP contribution in [-0.2, 0) is 0 Å². The molecule has 3 nitrogen and oxygen atoms in total. The van der Waals surface area contributed by atoms with Crippen LogP contribution in [0.3, 0.4) is 0 Å². The average Bonchev–Trinajstić information content (AvgIpc) is 2.19. The van der Waals surface area contributed by atoms with Gasteiger partial charge in [0.15, 0.2) is 0 Å². The van der Waals surface area contributed by atoms with Crippen molar-refractivity contribution in [2.24, 2.45) is 4.99 Å². The van der Waals surface area contributed by atoms with Crippen molar-refractivity contribution >= 4 is 26.7 Å². The van der Waals surface area contributed by atoms with E-state index in [0.717, 1.165) is 0 Å². The van der Waals surface area contributed by atoms with Crippen LogP contribution in [0.15, 0.2) is 35.3 Å². The first-order valence-corrected chi connectivity index (χ1v) is 4.99. The summed E-state index contributed by atoms with van der Waals surface area (Å²) in [5, 5.41) is 0. The summed E-state index contributed by atoms with van der Waals surface area (Å²) < 4.78 is 0.582. The Bertz CT molecular complexity index is 346. The van der Waals surface area contributed by atoms with Crippen LogP contribution < -0.4 is 0 Å². The fourth-order valence-electron chi connectivity index (χ4n) is 0.832. The number of carbonyl (C=O) groups is 1. The van der Waals surface area contributed by atoms with Gasteiger partial charge in [0, 0.05) is 0 Å². The molecule has 1 amide bonds. The van der Waals surface area contributed by atoms with Crippen LogP contribution in [0.25, 0.3) is 0 Å². The van der Waals surface area contributed by atoms with Crippen LogP contribution in [0.2, 0.25) is 0 Å². The van der Waals surface area contributed by atoms with Crippen LogP contribution in [0, 0.1) is 0 Å². The molecule has 1 aromatic carbocycles. The fourth-order valence-corrected chi connectivity index (χ4v) is 1.01. The van der Waals surface area contributed by atoms with Gasteiger partial charge in [-0.25, -0.2) is 0 Å². The molecule has 0 heterocycles. The van der Waals surface area contributed by atoms with Crippen molar-refractivity contribution in [1.82, 2.24) is 4.90 Å². The molecule has 0 aliphatic rings. The molecule has 0 spiro atoms. The number of hydrogen-bond acceptors (Lipinski definition) is 1. The Kier molecular flexibility index (Phi) is 3.86. The number of amides is 1. The predicted molar refractivity (Wildman–Crippen MR) is 57.6 cm³/mol. The molecule has 1 aromatic rings. The van der Waals surface area contributed by atoms with Gasteiger partial charge < -0.3 is 0 Å². The third-order valence-electron chi connectivity index (χ3n) is 1.60. The molecular weight excluding hydrogens is 243 g/mol. The first kappa shape index (κ1) is 11.0. The van der Waals surface area contributed by atoms with Gasteiger partial charge in [-0.15, -0.1) is 0 Å². The van der Waals surface area contributed by atoms with Crippen molar-refractivity contribution in [1.29, 1.82) is 0 Å². The summed E-state index contributed by atoms with van der Waals surface area (Å²) >= 11 is 2.73. The second-order valence-electron chi connectivity index (χ2n) is 2.96. The van der Waals surface area contributed by atoms with Crippen molar-refractivity contribution < 1.29 is 4.79 Å². The van der Waals surface area contributed by atoms with Crippen LogP contribution in [0.5, 0.6) is 0 Å². The van der Waals surface area contributed by atoms with Crippen molar-refractivity contribution in [3.8, 4) is 0 Å². The molecule has 0 aromatic heterocycles. The Balaban J connectivity index is 2.83.